The Hall–Kier alpha value is -3.74. The molecular weight excluding hydrogens is 451 g/mol. The molecule has 1 aliphatic rings. The number of carbonyl (C=O) groups excluding carboxylic acids is 1. The van der Waals surface area contributed by atoms with Crippen LogP contribution >= 0.6 is 0 Å². The average molecular weight is 470 g/mol. The number of benzene rings is 3. The Labute approximate surface area is 193 Å². The van der Waals surface area contributed by atoms with Gasteiger partial charge in [-0.3, -0.25) is 0 Å². The maximum absolute atomic E-state index is 13.8. The first-order valence-electron chi connectivity index (χ1n) is 10.5. The van der Waals surface area contributed by atoms with Crippen LogP contribution in [0, 0.1) is 35.0 Å². The first-order valence-corrected chi connectivity index (χ1v) is 10.5. The van der Waals surface area contributed by atoms with Gasteiger partial charge in [0.05, 0.1) is 0 Å². The zero-order chi connectivity index (χ0) is 24.4. The highest BCUT2D eigenvalue weighted by Gasteiger charge is 2.30. The molecule has 3 aromatic carbocycles. The highest BCUT2D eigenvalue weighted by atomic mass is 19.2. The summed E-state index contributed by atoms with van der Waals surface area (Å²) in [6.45, 7) is 1.73. The van der Waals surface area contributed by atoms with Crippen molar-refractivity contribution >= 4 is 11.5 Å². The Morgan fingerprint density at radius 3 is 2.00 bits per heavy atom. The molecule has 0 saturated carbocycles. The molecule has 0 saturated heterocycles. The second kappa shape index (κ2) is 9.63. The first-order chi connectivity index (χ1) is 16.3. The normalized spacial score (nSPS) is 17.4. The topological polar surface area (TPSA) is 26.3 Å². The highest BCUT2D eigenvalue weighted by Crippen LogP contribution is 2.34. The van der Waals surface area contributed by atoms with Gasteiger partial charge in [0.1, 0.15) is 12.2 Å². The molecule has 0 heterocycles. The molecule has 0 radical (unpaired) electrons. The summed E-state index contributed by atoms with van der Waals surface area (Å²) in [5.74, 6) is -12.3. The molecule has 0 aliphatic heterocycles. The molecule has 2 atom stereocenters. The Morgan fingerprint density at radius 1 is 0.824 bits per heavy atom. The van der Waals surface area contributed by atoms with Crippen molar-refractivity contribution in [2.75, 3.05) is 0 Å². The number of allylic oxidation sites excluding steroid dienone is 4. The Balaban J connectivity index is 1.44. The minimum absolute atomic E-state index is 0.268. The second-order valence-corrected chi connectivity index (χ2v) is 7.99. The van der Waals surface area contributed by atoms with Crippen molar-refractivity contribution in [2.24, 2.45) is 5.92 Å². The van der Waals surface area contributed by atoms with Gasteiger partial charge in [-0.2, -0.15) is 0 Å². The van der Waals surface area contributed by atoms with E-state index in [-0.39, 0.29) is 11.8 Å². The number of rotatable bonds is 5. The van der Waals surface area contributed by atoms with Crippen LogP contribution in [0.15, 0.2) is 72.8 Å². The van der Waals surface area contributed by atoms with Gasteiger partial charge >= 0.3 is 5.97 Å². The highest BCUT2D eigenvalue weighted by molar-refractivity contribution is 5.90. The third-order valence-corrected chi connectivity index (χ3v) is 5.75. The molecule has 0 fully saturated rings. The third kappa shape index (κ3) is 4.51. The molecular formula is C27H19F5O2. The van der Waals surface area contributed by atoms with Crippen LogP contribution in [0.2, 0.25) is 0 Å². The third-order valence-electron chi connectivity index (χ3n) is 5.75. The van der Waals surface area contributed by atoms with Gasteiger partial charge in [0, 0.05) is 5.92 Å². The standard InChI is InChI=1S/C27H19F5O2/c1-15-13-19(11-12-20(15)18-5-3-2-4-6-18)17-9-7-16(8-10-17)14-34-27(33)21-22(28)24(30)26(32)25(31)23(21)29/h2-13,15,20H,14H2,1H3. The number of hydrogen-bond acceptors (Lipinski definition) is 2. The van der Waals surface area contributed by atoms with Gasteiger partial charge < -0.3 is 4.74 Å². The minimum atomic E-state index is -2.34. The molecule has 0 aromatic heterocycles. The summed E-state index contributed by atoms with van der Waals surface area (Å²) in [6.07, 6.45) is 6.35. The lowest BCUT2D eigenvalue weighted by molar-refractivity contribution is 0.0458. The lowest BCUT2D eigenvalue weighted by Crippen LogP contribution is -2.15. The van der Waals surface area contributed by atoms with Crippen LogP contribution < -0.4 is 0 Å². The molecule has 0 bridgehead atoms. The number of hydrogen-bond donors (Lipinski definition) is 0. The van der Waals surface area contributed by atoms with E-state index >= 15 is 0 Å². The fraction of sp³-hybridized carbons (Fsp3) is 0.148. The van der Waals surface area contributed by atoms with Gasteiger partial charge in [-0.15, -0.1) is 0 Å². The number of halogens is 5. The van der Waals surface area contributed by atoms with Crippen molar-refractivity contribution in [3.05, 3.63) is 124 Å². The van der Waals surface area contributed by atoms with E-state index in [0.29, 0.717) is 5.56 Å². The molecule has 1 aliphatic carbocycles. The molecule has 2 unspecified atom stereocenters. The molecule has 34 heavy (non-hydrogen) atoms. The maximum Gasteiger partial charge on any atom is 0.344 e. The summed E-state index contributed by atoms with van der Waals surface area (Å²) in [4.78, 5) is 12.0. The number of esters is 1. The van der Waals surface area contributed by atoms with Crippen LogP contribution in [-0.4, -0.2) is 5.97 Å². The summed E-state index contributed by atoms with van der Waals surface area (Å²) in [5.41, 5.74) is 2.03. The molecule has 0 N–H and O–H groups in total. The van der Waals surface area contributed by atoms with Gasteiger partial charge in [-0.1, -0.05) is 79.7 Å². The van der Waals surface area contributed by atoms with Gasteiger partial charge in [0.15, 0.2) is 23.3 Å². The van der Waals surface area contributed by atoms with E-state index in [0.717, 1.165) is 11.1 Å². The fourth-order valence-corrected chi connectivity index (χ4v) is 3.91. The van der Waals surface area contributed by atoms with Crippen molar-refractivity contribution in [1.29, 1.82) is 0 Å². The van der Waals surface area contributed by atoms with E-state index in [9.17, 15) is 26.7 Å². The van der Waals surface area contributed by atoms with E-state index in [4.69, 9.17) is 4.74 Å². The lowest BCUT2D eigenvalue weighted by Gasteiger charge is -2.23. The predicted octanol–water partition coefficient (Wildman–Crippen LogP) is 7.11. The Kier molecular flexibility index (Phi) is 6.63. The van der Waals surface area contributed by atoms with E-state index < -0.39 is 47.2 Å². The molecule has 174 valence electrons. The molecule has 3 aromatic rings. The van der Waals surface area contributed by atoms with Crippen molar-refractivity contribution in [3.63, 3.8) is 0 Å². The van der Waals surface area contributed by atoms with Crippen LogP contribution in [-0.2, 0) is 11.3 Å². The van der Waals surface area contributed by atoms with Gasteiger partial charge in [0.2, 0.25) is 5.82 Å². The predicted molar refractivity (Wildman–Crippen MR) is 117 cm³/mol. The largest absolute Gasteiger partial charge is 0.457 e. The fourth-order valence-electron chi connectivity index (χ4n) is 3.91. The van der Waals surface area contributed by atoms with Crippen LogP contribution in [0.5, 0.6) is 0 Å². The maximum atomic E-state index is 13.8. The van der Waals surface area contributed by atoms with Crippen LogP contribution in [0.1, 0.15) is 39.9 Å². The number of ether oxygens (including phenoxy) is 1. The second-order valence-electron chi connectivity index (χ2n) is 7.99. The zero-order valence-electron chi connectivity index (χ0n) is 18.0. The molecule has 7 heteroatoms. The lowest BCUT2D eigenvalue weighted by atomic mass is 9.81. The van der Waals surface area contributed by atoms with Crippen molar-refractivity contribution in [1.82, 2.24) is 0 Å². The monoisotopic (exact) mass is 470 g/mol. The molecule has 0 spiro atoms. The Morgan fingerprint density at radius 2 is 1.41 bits per heavy atom. The number of carbonyl (C=O) groups is 1. The van der Waals surface area contributed by atoms with Crippen molar-refractivity contribution < 1.29 is 31.5 Å². The molecule has 4 rings (SSSR count). The summed E-state index contributed by atoms with van der Waals surface area (Å²) in [6, 6.07) is 17.1. The zero-order valence-corrected chi connectivity index (χ0v) is 18.0. The molecule has 0 amide bonds. The summed E-state index contributed by atoms with van der Waals surface area (Å²) < 4.78 is 72.1. The first kappa shape index (κ1) is 23.4. The van der Waals surface area contributed by atoms with E-state index in [2.05, 4.69) is 31.2 Å². The Bertz CT molecular complexity index is 1250. The van der Waals surface area contributed by atoms with Crippen molar-refractivity contribution in [3.8, 4) is 0 Å². The summed E-state index contributed by atoms with van der Waals surface area (Å²) in [7, 11) is 0. The SMILES string of the molecule is CC1C=C(c2ccc(COC(=O)c3c(F)c(F)c(F)c(F)c3F)cc2)C=CC1c1ccccc1. The van der Waals surface area contributed by atoms with Crippen LogP contribution in [0.25, 0.3) is 5.57 Å². The van der Waals surface area contributed by atoms with Gasteiger partial charge in [0.25, 0.3) is 0 Å². The summed E-state index contributed by atoms with van der Waals surface area (Å²) in [5, 5.41) is 0. The van der Waals surface area contributed by atoms with Crippen LogP contribution in [0.3, 0.4) is 0 Å². The summed E-state index contributed by atoms with van der Waals surface area (Å²) >= 11 is 0. The van der Waals surface area contributed by atoms with E-state index in [1.165, 1.54) is 5.56 Å². The van der Waals surface area contributed by atoms with Crippen molar-refractivity contribution in [2.45, 2.75) is 19.4 Å². The van der Waals surface area contributed by atoms with Crippen LogP contribution in [0.4, 0.5) is 22.0 Å². The van der Waals surface area contributed by atoms with E-state index in [1.807, 2.05) is 24.3 Å². The van der Waals surface area contributed by atoms with Gasteiger partial charge in [-0.25, -0.2) is 26.7 Å². The average Bonchev–Trinajstić information content (AvgIpc) is 2.86. The van der Waals surface area contributed by atoms with Gasteiger partial charge in [-0.05, 0) is 28.2 Å². The smallest absolute Gasteiger partial charge is 0.344 e. The van der Waals surface area contributed by atoms with E-state index in [1.54, 1.807) is 24.3 Å². The molecule has 2 nitrogen and oxygen atoms in total. The minimum Gasteiger partial charge on any atom is -0.457 e. The quantitative estimate of drug-likeness (QED) is 0.172.